The van der Waals surface area contributed by atoms with Gasteiger partial charge in [0.1, 0.15) is 11.0 Å². The molecule has 0 aliphatic carbocycles. The van der Waals surface area contributed by atoms with Crippen LogP contribution in [0.2, 0.25) is 10.2 Å². The number of hydrogen-bond acceptors (Lipinski definition) is 5. The molecule has 0 spiro atoms. The number of fused-ring (bicyclic) bond motifs is 1. The second kappa shape index (κ2) is 7.38. The molecule has 28 heavy (non-hydrogen) atoms. The molecule has 1 aliphatic rings. The van der Waals surface area contributed by atoms with Crippen LogP contribution in [0.5, 0.6) is 0 Å². The lowest BCUT2D eigenvalue weighted by molar-refractivity contribution is 0.598. The Kier molecular flexibility index (Phi) is 5.07. The summed E-state index contributed by atoms with van der Waals surface area (Å²) in [6, 6.07) is 4.87. The second-order valence-corrected chi connectivity index (χ2v) is 9.02. The highest BCUT2D eigenvalue weighted by atomic mass is 35.5. The van der Waals surface area contributed by atoms with Crippen LogP contribution in [0.15, 0.2) is 29.6 Å². The molecule has 0 amide bonds. The molecule has 0 saturated carbocycles. The van der Waals surface area contributed by atoms with Crippen LogP contribution in [0, 0.1) is 0 Å². The van der Waals surface area contributed by atoms with Crippen molar-refractivity contribution in [2.75, 3.05) is 4.72 Å². The summed E-state index contributed by atoms with van der Waals surface area (Å²) < 4.78 is 31.3. The minimum atomic E-state index is -3.94. The lowest BCUT2D eigenvalue weighted by Gasteiger charge is -2.11. The van der Waals surface area contributed by atoms with E-state index < -0.39 is 10.0 Å². The van der Waals surface area contributed by atoms with Gasteiger partial charge in [-0.05, 0) is 31.0 Å². The Labute approximate surface area is 172 Å². The van der Waals surface area contributed by atoms with Crippen LogP contribution in [0.4, 0.5) is 5.69 Å². The number of benzene rings is 1. The van der Waals surface area contributed by atoms with Crippen LogP contribution >= 0.6 is 23.2 Å². The van der Waals surface area contributed by atoms with Gasteiger partial charge in [-0.3, -0.25) is 4.72 Å². The molecule has 1 aliphatic heterocycles. The SMILES string of the molecule is Cn1cnc(S(=O)(=O)Nc2ccc(Cl)c(-c3nnc4n3CCCCC4)c2)c1Cl. The molecule has 0 fully saturated rings. The minimum Gasteiger partial charge on any atom is -0.324 e. The van der Waals surface area contributed by atoms with Crippen LogP contribution in [-0.2, 0) is 30.0 Å². The maximum atomic E-state index is 12.7. The van der Waals surface area contributed by atoms with Gasteiger partial charge in [-0.1, -0.05) is 29.6 Å². The maximum Gasteiger partial charge on any atom is 0.282 e. The predicted molar refractivity (Wildman–Crippen MR) is 107 cm³/mol. The monoisotopic (exact) mass is 440 g/mol. The molecule has 3 aromatic rings. The van der Waals surface area contributed by atoms with Gasteiger partial charge in [0.25, 0.3) is 10.0 Å². The largest absolute Gasteiger partial charge is 0.324 e. The van der Waals surface area contributed by atoms with Crippen molar-refractivity contribution in [2.45, 2.75) is 37.3 Å². The van der Waals surface area contributed by atoms with Gasteiger partial charge in [-0.2, -0.15) is 8.42 Å². The molecule has 1 aromatic carbocycles. The van der Waals surface area contributed by atoms with Gasteiger partial charge < -0.3 is 9.13 Å². The Morgan fingerprint density at radius 2 is 1.96 bits per heavy atom. The molecule has 8 nitrogen and oxygen atoms in total. The molecule has 1 N–H and O–H groups in total. The number of sulfonamides is 1. The van der Waals surface area contributed by atoms with E-state index >= 15 is 0 Å². The Morgan fingerprint density at radius 3 is 2.71 bits per heavy atom. The van der Waals surface area contributed by atoms with E-state index in [1.54, 1.807) is 25.2 Å². The molecule has 0 atom stereocenters. The summed E-state index contributed by atoms with van der Waals surface area (Å²) >= 11 is 12.4. The van der Waals surface area contributed by atoms with E-state index in [4.69, 9.17) is 23.2 Å². The summed E-state index contributed by atoms with van der Waals surface area (Å²) in [6.07, 6.45) is 5.47. The van der Waals surface area contributed by atoms with Crippen molar-refractivity contribution in [2.24, 2.45) is 7.05 Å². The first-order chi connectivity index (χ1) is 13.4. The van der Waals surface area contributed by atoms with Crippen molar-refractivity contribution in [3.8, 4) is 11.4 Å². The average molecular weight is 441 g/mol. The van der Waals surface area contributed by atoms with Crippen molar-refractivity contribution in [3.63, 3.8) is 0 Å². The van der Waals surface area contributed by atoms with Crippen LogP contribution in [0.1, 0.15) is 25.1 Å². The normalized spacial score (nSPS) is 14.5. The number of aromatic nitrogens is 5. The molecular weight excluding hydrogens is 423 g/mol. The molecular formula is C17H18Cl2N6O2S. The molecule has 0 unspecified atom stereocenters. The first-order valence-electron chi connectivity index (χ1n) is 8.78. The van der Waals surface area contributed by atoms with E-state index in [0.29, 0.717) is 22.1 Å². The Bertz CT molecular complexity index is 1140. The van der Waals surface area contributed by atoms with Crippen molar-refractivity contribution < 1.29 is 8.42 Å². The number of rotatable bonds is 4. The van der Waals surface area contributed by atoms with Crippen molar-refractivity contribution in [3.05, 3.63) is 40.5 Å². The first-order valence-corrected chi connectivity index (χ1v) is 11.0. The van der Waals surface area contributed by atoms with E-state index in [1.807, 2.05) is 0 Å². The summed E-state index contributed by atoms with van der Waals surface area (Å²) in [6.45, 7) is 0.813. The molecule has 0 saturated heterocycles. The van der Waals surface area contributed by atoms with E-state index in [9.17, 15) is 8.42 Å². The maximum absolute atomic E-state index is 12.7. The number of aryl methyl sites for hydroxylation is 2. The highest BCUT2D eigenvalue weighted by molar-refractivity contribution is 7.92. The number of imidazole rings is 1. The molecule has 11 heteroatoms. The van der Waals surface area contributed by atoms with Gasteiger partial charge in [0, 0.05) is 31.3 Å². The number of halogens is 2. The van der Waals surface area contributed by atoms with E-state index in [-0.39, 0.29) is 10.2 Å². The van der Waals surface area contributed by atoms with Gasteiger partial charge in [-0.25, -0.2) is 4.98 Å². The lowest BCUT2D eigenvalue weighted by atomic mass is 10.2. The third-order valence-corrected chi connectivity index (χ3v) is 6.86. The topological polar surface area (TPSA) is 94.7 Å². The van der Waals surface area contributed by atoms with Gasteiger partial charge in [0.05, 0.1) is 11.3 Å². The fourth-order valence-corrected chi connectivity index (χ4v) is 4.91. The van der Waals surface area contributed by atoms with Gasteiger partial charge in [-0.15, -0.1) is 10.2 Å². The van der Waals surface area contributed by atoms with Crippen molar-refractivity contribution >= 4 is 38.9 Å². The third kappa shape index (κ3) is 3.49. The zero-order valence-corrected chi connectivity index (χ0v) is 17.4. The number of nitrogens with one attached hydrogen (secondary N) is 1. The van der Waals surface area contributed by atoms with E-state index in [2.05, 4.69) is 24.5 Å². The number of anilines is 1. The standard InChI is InChI=1S/C17H18Cl2N6O2S/c1-24-10-20-17(15(24)19)28(26,27)23-11-6-7-13(18)12(9-11)16-22-21-14-5-3-2-4-8-25(14)16/h6-7,9-10,23H,2-5,8H2,1H3. The summed E-state index contributed by atoms with van der Waals surface area (Å²) in [4.78, 5) is 3.87. The van der Waals surface area contributed by atoms with Gasteiger partial charge >= 0.3 is 0 Å². The van der Waals surface area contributed by atoms with Gasteiger partial charge in [0.2, 0.25) is 5.03 Å². The molecule has 2 aromatic heterocycles. The van der Waals surface area contributed by atoms with Crippen molar-refractivity contribution in [1.82, 2.24) is 24.3 Å². The van der Waals surface area contributed by atoms with Gasteiger partial charge in [0.15, 0.2) is 5.82 Å². The summed E-state index contributed by atoms with van der Waals surface area (Å²) in [5.41, 5.74) is 0.960. The summed E-state index contributed by atoms with van der Waals surface area (Å²) in [7, 11) is -2.33. The van der Waals surface area contributed by atoms with E-state index in [1.165, 1.54) is 10.9 Å². The number of nitrogens with zero attached hydrogens (tertiary/aromatic N) is 5. The molecule has 0 radical (unpaired) electrons. The minimum absolute atomic E-state index is 0.0319. The average Bonchev–Trinajstić information content (AvgIpc) is 3.11. The van der Waals surface area contributed by atoms with E-state index in [0.717, 1.165) is 38.1 Å². The third-order valence-electron chi connectivity index (χ3n) is 4.66. The second-order valence-electron chi connectivity index (χ2n) is 6.65. The van der Waals surface area contributed by atoms with Crippen LogP contribution in [0.25, 0.3) is 11.4 Å². The van der Waals surface area contributed by atoms with Crippen LogP contribution < -0.4 is 4.72 Å². The fraction of sp³-hybridized carbons (Fsp3) is 0.353. The Morgan fingerprint density at radius 1 is 1.14 bits per heavy atom. The van der Waals surface area contributed by atoms with Crippen molar-refractivity contribution in [1.29, 1.82) is 0 Å². The summed E-state index contributed by atoms with van der Waals surface area (Å²) in [5, 5.41) is 8.85. The Balaban J connectivity index is 1.71. The quantitative estimate of drug-likeness (QED) is 0.669. The number of hydrogen-bond donors (Lipinski definition) is 1. The molecule has 0 bridgehead atoms. The lowest BCUT2D eigenvalue weighted by Crippen LogP contribution is -2.14. The molecule has 4 rings (SSSR count). The van der Waals surface area contributed by atoms with Crippen LogP contribution in [0.3, 0.4) is 0 Å². The zero-order valence-electron chi connectivity index (χ0n) is 15.1. The first kappa shape index (κ1) is 19.2. The summed E-state index contributed by atoms with van der Waals surface area (Å²) in [5.74, 6) is 1.56. The highest BCUT2D eigenvalue weighted by Crippen LogP contribution is 2.32. The van der Waals surface area contributed by atoms with Crippen LogP contribution in [-0.4, -0.2) is 32.7 Å². The zero-order chi connectivity index (χ0) is 19.9. The molecule has 3 heterocycles. The Hall–Kier alpha value is -2.10. The fourth-order valence-electron chi connectivity index (χ4n) is 3.22. The predicted octanol–water partition coefficient (Wildman–Crippen LogP) is 3.51. The smallest absolute Gasteiger partial charge is 0.282 e. The highest BCUT2D eigenvalue weighted by Gasteiger charge is 2.24. The molecule has 148 valence electrons.